The van der Waals surface area contributed by atoms with Crippen LogP contribution in [0.15, 0.2) is 24.8 Å². The van der Waals surface area contributed by atoms with Gasteiger partial charge in [-0.1, -0.05) is 106 Å². The topological polar surface area (TPSA) is 35.5 Å². The van der Waals surface area contributed by atoms with Gasteiger partial charge in [-0.25, -0.2) is 4.79 Å². The minimum atomic E-state index is -1.00. The van der Waals surface area contributed by atoms with Gasteiger partial charge in [-0.05, 0) is 29.5 Å². The Morgan fingerprint density at radius 3 is 1.68 bits per heavy atom. The minimum Gasteiger partial charge on any atom is -0.438 e. The summed E-state index contributed by atoms with van der Waals surface area (Å²) in [5.74, 6) is 1.07. The first kappa shape index (κ1) is 37.7. The SMILES string of the molecule is C.C.C=CC(C)[Si](C)(C)C.CC1CC1[Si](C)(C)C.COC(=O)OC/C=C\C[Si](C)(C)C. The van der Waals surface area contributed by atoms with Crippen LogP contribution in [0.1, 0.15) is 35.1 Å². The van der Waals surface area contributed by atoms with Crippen LogP contribution in [0.5, 0.6) is 0 Å². The third-order valence-corrected chi connectivity index (χ3v) is 12.8. The normalized spacial score (nSPS) is 18.6. The smallest absolute Gasteiger partial charge is 0.438 e. The number of rotatable bonds is 7. The minimum absolute atomic E-state index is 0. The van der Waals surface area contributed by atoms with Crippen molar-refractivity contribution in [2.24, 2.45) is 5.92 Å². The molecule has 1 rings (SSSR count). The van der Waals surface area contributed by atoms with Crippen molar-refractivity contribution in [2.45, 2.75) is 111 Å². The fraction of sp³-hybridized carbons (Fsp3) is 0.800. The van der Waals surface area contributed by atoms with Crippen LogP contribution in [-0.2, 0) is 9.47 Å². The van der Waals surface area contributed by atoms with Gasteiger partial charge in [0.2, 0.25) is 0 Å². The molecule has 1 fully saturated rings. The van der Waals surface area contributed by atoms with Crippen LogP contribution in [0.2, 0.25) is 76.0 Å². The van der Waals surface area contributed by atoms with Crippen LogP contribution in [0.4, 0.5) is 4.79 Å². The largest absolute Gasteiger partial charge is 0.508 e. The van der Waals surface area contributed by atoms with E-state index in [0.29, 0.717) is 6.61 Å². The lowest BCUT2D eigenvalue weighted by Crippen LogP contribution is -2.24. The van der Waals surface area contributed by atoms with Gasteiger partial charge in [0.15, 0.2) is 0 Å². The molecule has 1 aliphatic carbocycles. The molecule has 0 heterocycles. The highest BCUT2D eigenvalue weighted by Gasteiger charge is 2.42. The number of hydrogen-bond acceptors (Lipinski definition) is 3. The molecule has 1 aliphatic rings. The van der Waals surface area contributed by atoms with Crippen molar-refractivity contribution in [3.8, 4) is 0 Å². The molecule has 0 amide bonds. The maximum absolute atomic E-state index is 10.5. The lowest BCUT2D eigenvalue weighted by Gasteiger charge is -2.20. The van der Waals surface area contributed by atoms with Gasteiger partial charge in [0, 0.05) is 16.1 Å². The molecule has 0 spiro atoms. The first-order valence-electron chi connectivity index (χ1n) is 10.9. The molecule has 0 aliphatic heterocycles. The van der Waals surface area contributed by atoms with Gasteiger partial charge < -0.3 is 9.47 Å². The molecule has 0 bridgehead atoms. The Kier molecular flexibility index (Phi) is 20.6. The van der Waals surface area contributed by atoms with Crippen molar-refractivity contribution in [3.63, 3.8) is 0 Å². The Morgan fingerprint density at radius 1 is 1.03 bits per heavy atom. The van der Waals surface area contributed by atoms with Crippen LogP contribution < -0.4 is 0 Å². The van der Waals surface area contributed by atoms with Crippen LogP contribution in [0.25, 0.3) is 0 Å². The van der Waals surface area contributed by atoms with Crippen molar-refractivity contribution in [3.05, 3.63) is 24.8 Å². The van der Waals surface area contributed by atoms with E-state index in [1.807, 2.05) is 6.08 Å². The highest BCUT2D eigenvalue weighted by atomic mass is 28.3. The Labute approximate surface area is 200 Å². The van der Waals surface area contributed by atoms with Crippen LogP contribution in [0, 0.1) is 5.92 Å². The van der Waals surface area contributed by atoms with E-state index in [0.717, 1.165) is 23.0 Å². The van der Waals surface area contributed by atoms with Gasteiger partial charge in [-0.15, -0.1) is 6.58 Å². The molecule has 0 saturated heterocycles. The molecule has 6 heteroatoms. The van der Waals surface area contributed by atoms with Crippen LogP contribution in [-0.4, -0.2) is 44.1 Å². The van der Waals surface area contributed by atoms with Crippen LogP contribution >= 0.6 is 0 Å². The second-order valence-corrected chi connectivity index (χ2v) is 28.2. The fourth-order valence-corrected chi connectivity index (χ4v) is 6.93. The van der Waals surface area contributed by atoms with E-state index >= 15 is 0 Å². The Hall–Kier alpha value is -0.599. The predicted octanol–water partition coefficient (Wildman–Crippen LogP) is 9.57. The van der Waals surface area contributed by atoms with Crippen molar-refractivity contribution < 1.29 is 14.3 Å². The summed E-state index contributed by atoms with van der Waals surface area (Å²) in [5.41, 5.74) is 1.91. The van der Waals surface area contributed by atoms with Crippen molar-refractivity contribution in [1.29, 1.82) is 0 Å². The predicted molar refractivity (Wildman–Crippen MR) is 153 cm³/mol. The molecule has 0 aromatic carbocycles. The summed E-state index contributed by atoms with van der Waals surface area (Å²) in [4.78, 5) is 10.5. The monoisotopic (exact) mass is 490 g/mol. The summed E-state index contributed by atoms with van der Waals surface area (Å²) in [5, 5.41) is 0. The van der Waals surface area contributed by atoms with E-state index < -0.39 is 30.4 Å². The first-order chi connectivity index (χ1) is 13.0. The van der Waals surface area contributed by atoms with Gasteiger partial charge in [0.25, 0.3) is 0 Å². The average molecular weight is 491 g/mol. The van der Waals surface area contributed by atoms with Gasteiger partial charge >= 0.3 is 6.16 Å². The molecule has 0 aromatic heterocycles. The highest BCUT2D eigenvalue weighted by Crippen LogP contribution is 2.51. The molecule has 3 nitrogen and oxygen atoms in total. The summed E-state index contributed by atoms with van der Waals surface area (Å²) in [7, 11) is -1.27. The summed E-state index contributed by atoms with van der Waals surface area (Å²) in [6, 6.07) is 1.11. The quantitative estimate of drug-likeness (QED) is 0.202. The fourth-order valence-electron chi connectivity index (χ4n) is 2.56. The summed E-state index contributed by atoms with van der Waals surface area (Å²) >= 11 is 0. The van der Waals surface area contributed by atoms with E-state index in [1.54, 1.807) is 0 Å². The Bertz CT molecular complexity index is 498. The lowest BCUT2D eigenvalue weighted by molar-refractivity contribution is 0.0818. The molecule has 188 valence electrons. The zero-order valence-corrected chi connectivity index (χ0v) is 24.5. The summed E-state index contributed by atoms with van der Waals surface area (Å²) in [6.07, 6.45) is 6.88. The van der Waals surface area contributed by atoms with Crippen molar-refractivity contribution >= 4 is 30.4 Å². The molecule has 0 N–H and O–H groups in total. The van der Waals surface area contributed by atoms with Crippen molar-refractivity contribution in [1.82, 2.24) is 0 Å². The molecule has 0 radical (unpaired) electrons. The number of carbonyl (C=O) groups excluding carboxylic acids is 1. The number of ether oxygens (including phenoxy) is 2. The van der Waals surface area contributed by atoms with E-state index in [4.69, 9.17) is 0 Å². The maximum atomic E-state index is 10.5. The average Bonchev–Trinajstić information content (AvgIpc) is 3.30. The third kappa shape index (κ3) is 23.9. The zero-order valence-electron chi connectivity index (χ0n) is 21.5. The molecule has 0 aromatic rings. The number of hydrogen-bond donors (Lipinski definition) is 0. The van der Waals surface area contributed by atoms with E-state index in [-0.39, 0.29) is 14.9 Å². The number of methoxy groups -OCH3 is 1. The molecule has 1 saturated carbocycles. The Morgan fingerprint density at radius 2 is 1.48 bits per heavy atom. The first-order valence-corrected chi connectivity index (χ1v) is 21.8. The second-order valence-electron chi connectivity index (χ2n) is 11.6. The van der Waals surface area contributed by atoms with E-state index in [2.05, 4.69) is 101 Å². The number of carbonyl (C=O) groups is 1. The molecule has 3 unspecified atom stereocenters. The van der Waals surface area contributed by atoms with Gasteiger partial charge in [0.1, 0.15) is 6.61 Å². The number of allylic oxidation sites excluding steroid dienone is 2. The third-order valence-electron chi connectivity index (χ3n) is 5.30. The molecular weight excluding hydrogens is 433 g/mol. The van der Waals surface area contributed by atoms with Crippen molar-refractivity contribution in [2.75, 3.05) is 13.7 Å². The highest BCUT2D eigenvalue weighted by molar-refractivity contribution is 6.78. The Balaban J connectivity index is -0.000000178. The maximum Gasteiger partial charge on any atom is 0.508 e. The van der Waals surface area contributed by atoms with Gasteiger partial charge in [-0.2, -0.15) is 0 Å². The second kappa shape index (κ2) is 17.0. The van der Waals surface area contributed by atoms with E-state index in [1.165, 1.54) is 13.5 Å². The molecule has 31 heavy (non-hydrogen) atoms. The lowest BCUT2D eigenvalue weighted by atomic mass is 10.5. The summed E-state index contributed by atoms with van der Waals surface area (Å²) in [6.45, 7) is 30.1. The zero-order chi connectivity index (χ0) is 23.5. The van der Waals surface area contributed by atoms with E-state index in [9.17, 15) is 4.79 Å². The standard InChI is InChI=1S/C9H18O3Si.2C7H16Si.2CH4/c1-11-9(10)12-7-5-6-8-13(2,3)4;1-6-5-7(6)8(2,3)4;1-6-7(2)8(3,4)5;;/h5-6H,7-8H2,1-4H3;6-7H,5H2,1-4H3;6-7H,1H2,2-5H3;2*1H4/b6-5-;;;;. The van der Waals surface area contributed by atoms with Gasteiger partial charge in [-0.3, -0.25) is 0 Å². The van der Waals surface area contributed by atoms with Gasteiger partial charge in [0.05, 0.1) is 15.2 Å². The van der Waals surface area contributed by atoms with Crippen LogP contribution in [0.3, 0.4) is 0 Å². The molecule has 3 atom stereocenters. The molecular formula is C25H58O3Si3. The summed E-state index contributed by atoms with van der Waals surface area (Å²) < 4.78 is 8.98.